The van der Waals surface area contributed by atoms with Crippen LogP contribution in [0.3, 0.4) is 0 Å². The predicted molar refractivity (Wildman–Crippen MR) is 93.6 cm³/mol. The average molecular weight is 350 g/mol. The Bertz CT molecular complexity index is 596. The molecule has 2 aliphatic rings. The van der Waals surface area contributed by atoms with Crippen LogP contribution in [0.2, 0.25) is 0 Å². The molecule has 0 spiro atoms. The molecule has 2 aliphatic heterocycles. The zero-order valence-corrected chi connectivity index (χ0v) is 14.9. The summed E-state index contributed by atoms with van der Waals surface area (Å²) in [6.45, 7) is 8.10. The van der Waals surface area contributed by atoms with Gasteiger partial charge in [0.2, 0.25) is 0 Å². The Morgan fingerprint density at radius 1 is 0.680 bits per heavy atom. The van der Waals surface area contributed by atoms with Crippen LogP contribution >= 0.6 is 0 Å². The van der Waals surface area contributed by atoms with Crippen LogP contribution in [0, 0.1) is 0 Å². The van der Waals surface area contributed by atoms with Crippen LogP contribution in [0.25, 0.3) is 6.08 Å². The van der Waals surface area contributed by atoms with E-state index in [4.69, 9.17) is 28.4 Å². The summed E-state index contributed by atoms with van der Waals surface area (Å²) in [6, 6.07) is 3.83. The Balaban J connectivity index is 1.74. The van der Waals surface area contributed by atoms with Crippen molar-refractivity contribution >= 4 is 6.08 Å². The minimum Gasteiger partial charge on any atom is -0.487 e. The van der Waals surface area contributed by atoms with Gasteiger partial charge in [-0.25, -0.2) is 0 Å². The van der Waals surface area contributed by atoms with Crippen molar-refractivity contribution in [3.05, 3.63) is 23.8 Å². The largest absolute Gasteiger partial charge is 0.487 e. The van der Waals surface area contributed by atoms with Crippen molar-refractivity contribution < 1.29 is 28.4 Å². The highest BCUT2D eigenvalue weighted by molar-refractivity contribution is 5.66. The van der Waals surface area contributed by atoms with Crippen molar-refractivity contribution in [2.24, 2.45) is 0 Å². The van der Waals surface area contributed by atoms with Crippen molar-refractivity contribution in [2.75, 3.05) is 52.9 Å². The molecule has 6 heteroatoms. The normalized spacial score (nSPS) is 21.4. The van der Waals surface area contributed by atoms with Gasteiger partial charge in [-0.3, -0.25) is 0 Å². The van der Waals surface area contributed by atoms with Gasteiger partial charge in [0.25, 0.3) is 0 Å². The molecule has 6 nitrogen and oxygen atoms in total. The minimum absolute atomic E-state index is 0.334. The molecule has 0 saturated heterocycles. The summed E-state index contributed by atoms with van der Waals surface area (Å²) in [7, 11) is 0. The van der Waals surface area contributed by atoms with Crippen LogP contribution in [0.1, 0.15) is 19.4 Å². The number of hydrogen-bond acceptors (Lipinski definition) is 6. The fraction of sp³-hybridized carbons (Fsp3) is 0.579. The molecule has 1 aromatic carbocycles. The Kier molecular flexibility index (Phi) is 6.18. The second-order valence-electron chi connectivity index (χ2n) is 6.41. The van der Waals surface area contributed by atoms with E-state index in [0.717, 1.165) is 11.3 Å². The summed E-state index contributed by atoms with van der Waals surface area (Å²) in [5.41, 5.74) is 0.643. The average Bonchev–Trinajstić information content (AvgIpc) is 2.58. The van der Waals surface area contributed by atoms with Gasteiger partial charge < -0.3 is 28.4 Å². The molecule has 2 heterocycles. The number of hydrogen-bond donors (Lipinski definition) is 0. The van der Waals surface area contributed by atoms with E-state index in [2.05, 4.69) is 6.08 Å². The molecule has 0 aliphatic carbocycles. The number of ether oxygens (including phenoxy) is 6. The second-order valence-corrected chi connectivity index (χ2v) is 6.41. The Labute approximate surface area is 148 Å². The Morgan fingerprint density at radius 2 is 1.20 bits per heavy atom. The molecule has 0 atom stereocenters. The molecule has 25 heavy (non-hydrogen) atoms. The smallest absolute Gasteiger partial charge is 0.165 e. The highest BCUT2D eigenvalue weighted by Gasteiger charge is 2.23. The molecule has 0 amide bonds. The van der Waals surface area contributed by atoms with Crippen molar-refractivity contribution in [3.63, 3.8) is 0 Å². The topological polar surface area (TPSA) is 55.4 Å². The molecule has 0 aromatic heterocycles. The number of fused-ring (bicyclic) bond motifs is 2. The highest BCUT2D eigenvalue weighted by atomic mass is 16.6. The first kappa shape index (κ1) is 18.0. The summed E-state index contributed by atoms with van der Waals surface area (Å²) in [4.78, 5) is 0. The van der Waals surface area contributed by atoms with Gasteiger partial charge >= 0.3 is 0 Å². The summed E-state index contributed by atoms with van der Waals surface area (Å²) < 4.78 is 34.1. The molecule has 0 N–H and O–H groups in total. The molecule has 0 radical (unpaired) electrons. The lowest BCUT2D eigenvalue weighted by molar-refractivity contribution is 0.00707. The maximum absolute atomic E-state index is 6.02. The van der Waals surface area contributed by atoms with E-state index < -0.39 is 0 Å². The van der Waals surface area contributed by atoms with Gasteiger partial charge in [-0.2, -0.15) is 0 Å². The van der Waals surface area contributed by atoms with Crippen LogP contribution < -0.4 is 14.2 Å². The predicted octanol–water partition coefficient (Wildman–Crippen LogP) is 2.69. The summed E-state index contributed by atoms with van der Waals surface area (Å²) in [5, 5.41) is 0. The van der Waals surface area contributed by atoms with Crippen LogP contribution in [0.15, 0.2) is 18.2 Å². The third-order valence-corrected chi connectivity index (χ3v) is 3.83. The molecular weight excluding hydrogens is 324 g/mol. The first-order valence-corrected chi connectivity index (χ1v) is 8.69. The van der Waals surface area contributed by atoms with Gasteiger partial charge in [-0.1, -0.05) is 6.08 Å². The van der Waals surface area contributed by atoms with Gasteiger partial charge in [0.1, 0.15) is 24.6 Å². The van der Waals surface area contributed by atoms with Crippen molar-refractivity contribution in [3.8, 4) is 17.2 Å². The maximum atomic E-state index is 6.02. The molecule has 0 fully saturated rings. The van der Waals surface area contributed by atoms with Gasteiger partial charge in [0.15, 0.2) is 11.5 Å². The second kappa shape index (κ2) is 8.56. The van der Waals surface area contributed by atoms with E-state index in [0.29, 0.717) is 64.4 Å². The van der Waals surface area contributed by atoms with Crippen molar-refractivity contribution in [2.45, 2.75) is 19.4 Å². The lowest BCUT2D eigenvalue weighted by Crippen LogP contribution is -2.27. The number of rotatable bonds is 0. The standard InChI is InChI=1S/C19H26O6/c1-19(2)4-3-15-13-17-18(14-16(15)25-19)24-12-10-22-8-6-20-5-7-21-9-11-23-17/h3-4,13-14H,5-12H2,1-2H3. The van der Waals surface area contributed by atoms with Crippen LogP contribution in [0.4, 0.5) is 0 Å². The van der Waals surface area contributed by atoms with Gasteiger partial charge in [0.05, 0.1) is 39.6 Å². The molecule has 1 aromatic rings. The van der Waals surface area contributed by atoms with E-state index >= 15 is 0 Å². The van der Waals surface area contributed by atoms with E-state index in [1.54, 1.807) is 0 Å². The summed E-state index contributed by atoms with van der Waals surface area (Å²) in [6.07, 6.45) is 4.08. The molecule has 0 saturated carbocycles. The lowest BCUT2D eigenvalue weighted by Gasteiger charge is -2.28. The highest BCUT2D eigenvalue weighted by Crippen LogP contribution is 2.39. The Morgan fingerprint density at radius 3 is 1.80 bits per heavy atom. The minimum atomic E-state index is -0.334. The van der Waals surface area contributed by atoms with E-state index in [1.807, 2.05) is 32.1 Å². The third-order valence-electron chi connectivity index (χ3n) is 3.83. The molecule has 138 valence electrons. The van der Waals surface area contributed by atoms with Crippen LogP contribution in [-0.4, -0.2) is 58.5 Å². The van der Waals surface area contributed by atoms with Crippen LogP contribution in [-0.2, 0) is 14.2 Å². The van der Waals surface area contributed by atoms with Gasteiger partial charge in [-0.05, 0) is 26.0 Å². The van der Waals surface area contributed by atoms with Gasteiger partial charge in [0, 0.05) is 11.6 Å². The molecule has 0 unspecified atom stereocenters. The maximum Gasteiger partial charge on any atom is 0.165 e. The van der Waals surface area contributed by atoms with Crippen molar-refractivity contribution in [1.82, 2.24) is 0 Å². The zero-order chi connectivity index (χ0) is 17.5. The van der Waals surface area contributed by atoms with E-state index in [1.165, 1.54) is 0 Å². The van der Waals surface area contributed by atoms with E-state index in [-0.39, 0.29) is 5.60 Å². The first-order chi connectivity index (χ1) is 12.1. The fourth-order valence-corrected chi connectivity index (χ4v) is 2.57. The quantitative estimate of drug-likeness (QED) is 0.717. The van der Waals surface area contributed by atoms with Gasteiger partial charge in [-0.15, -0.1) is 0 Å². The molecular formula is C19H26O6. The van der Waals surface area contributed by atoms with Crippen LogP contribution in [0.5, 0.6) is 17.2 Å². The molecule has 0 bridgehead atoms. The Hall–Kier alpha value is -1.76. The lowest BCUT2D eigenvalue weighted by atomic mass is 10.0. The summed E-state index contributed by atoms with van der Waals surface area (Å²) >= 11 is 0. The SMILES string of the molecule is CC1(C)C=Cc2cc3c(cc2O1)OCCOCCOCCOCCO3. The molecule has 3 rings (SSSR count). The van der Waals surface area contributed by atoms with Crippen molar-refractivity contribution in [1.29, 1.82) is 0 Å². The van der Waals surface area contributed by atoms with E-state index in [9.17, 15) is 0 Å². The monoisotopic (exact) mass is 350 g/mol. The summed E-state index contributed by atoms with van der Waals surface area (Å²) in [5.74, 6) is 2.12. The zero-order valence-electron chi connectivity index (χ0n) is 14.9. The first-order valence-electron chi connectivity index (χ1n) is 8.69. The fourth-order valence-electron chi connectivity index (χ4n) is 2.57. The number of benzene rings is 1. The third kappa shape index (κ3) is 5.36.